The third-order valence-electron chi connectivity index (χ3n) is 5.29. The van der Waals surface area contributed by atoms with Gasteiger partial charge in [0.25, 0.3) is 0 Å². The van der Waals surface area contributed by atoms with E-state index in [0.717, 1.165) is 5.56 Å². The van der Waals surface area contributed by atoms with Crippen molar-refractivity contribution in [3.8, 4) is 11.5 Å². The first-order valence-corrected chi connectivity index (χ1v) is 12.6. The molecule has 212 valence electrons. The van der Waals surface area contributed by atoms with Crippen molar-refractivity contribution < 1.29 is 42.9 Å². The summed E-state index contributed by atoms with van der Waals surface area (Å²) in [6, 6.07) is 14.0. The third-order valence-corrected chi connectivity index (χ3v) is 5.29. The highest BCUT2D eigenvalue weighted by molar-refractivity contribution is 6.06. The predicted octanol–water partition coefficient (Wildman–Crippen LogP) is 4.90. The lowest BCUT2D eigenvalue weighted by molar-refractivity contribution is -0.144. The van der Waals surface area contributed by atoms with Crippen LogP contribution in [0.3, 0.4) is 0 Å². The normalized spacial score (nSPS) is 10.4. The van der Waals surface area contributed by atoms with Crippen molar-refractivity contribution in [2.45, 2.75) is 26.2 Å². The summed E-state index contributed by atoms with van der Waals surface area (Å²) in [6.45, 7) is 9.54. The van der Waals surface area contributed by atoms with Gasteiger partial charge in [-0.3, -0.25) is 9.59 Å². The quantitative estimate of drug-likeness (QED) is 0.0892. The zero-order chi connectivity index (χ0) is 29.3. The molecule has 0 spiro atoms. The number of hydrogen-bond acceptors (Lipinski definition) is 9. The first kappa shape index (κ1) is 31.6. The van der Waals surface area contributed by atoms with Gasteiger partial charge in [-0.1, -0.05) is 31.4 Å². The Hall–Kier alpha value is -4.66. The van der Waals surface area contributed by atoms with Crippen LogP contribution in [0.2, 0.25) is 0 Å². The largest absolute Gasteiger partial charge is 0.494 e. The Bertz CT molecular complexity index is 1210. The lowest BCUT2D eigenvalue weighted by atomic mass is 10.1. The van der Waals surface area contributed by atoms with Gasteiger partial charge < -0.3 is 23.7 Å². The van der Waals surface area contributed by atoms with Crippen molar-refractivity contribution >= 4 is 29.8 Å². The summed E-state index contributed by atoms with van der Waals surface area (Å²) in [5.41, 5.74) is 1.73. The second kappa shape index (κ2) is 17.0. The first-order chi connectivity index (χ1) is 19.2. The molecule has 9 heteroatoms. The molecule has 0 heterocycles. The summed E-state index contributed by atoms with van der Waals surface area (Å²) in [7, 11) is 1.24. The first-order valence-electron chi connectivity index (χ1n) is 12.6. The Balaban J connectivity index is 1.67. The SMILES string of the molecule is C=C(C)C(=O)OCCOc1ccc(C(=O)/C=C/c2ccc(OCCCCOC(=O)C(=C)CC(=O)OC)cc2)cc1. The number of rotatable bonds is 17. The van der Waals surface area contributed by atoms with Crippen LogP contribution in [-0.2, 0) is 28.6 Å². The van der Waals surface area contributed by atoms with Crippen LogP contribution in [0, 0.1) is 0 Å². The van der Waals surface area contributed by atoms with Crippen LogP contribution in [0.1, 0.15) is 42.1 Å². The fourth-order valence-electron chi connectivity index (χ4n) is 3.06. The van der Waals surface area contributed by atoms with Crippen molar-refractivity contribution in [1.82, 2.24) is 0 Å². The van der Waals surface area contributed by atoms with Crippen molar-refractivity contribution in [3.63, 3.8) is 0 Å². The number of benzene rings is 2. The number of carbonyl (C=O) groups excluding carboxylic acids is 4. The molecule has 2 aromatic rings. The Morgan fingerprint density at radius 1 is 0.750 bits per heavy atom. The Labute approximate surface area is 234 Å². The van der Waals surface area contributed by atoms with Gasteiger partial charge in [0.15, 0.2) is 5.78 Å². The highest BCUT2D eigenvalue weighted by Crippen LogP contribution is 2.16. The number of carbonyl (C=O) groups is 4. The molecule has 40 heavy (non-hydrogen) atoms. The van der Waals surface area contributed by atoms with Crippen LogP contribution in [0.4, 0.5) is 0 Å². The number of methoxy groups -OCH3 is 1. The van der Waals surface area contributed by atoms with Crippen molar-refractivity contribution in [3.05, 3.63) is 90.0 Å². The Morgan fingerprint density at radius 3 is 1.95 bits per heavy atom. The summed E-state index contributed by atoms with van der Waals surface area (Å²) in [4.78, 5) is 46.7. The molecule has 0 saturated carbocycles. The maximum atomic E-state index is 12.5. The Kier molecular flexibility index (Phi) is 13.4. The molecular weight excluding hydrogens is 516 g/mol. The van der Waals surface area contributed by atoms with E-state index in [0.29, 0.717) is 42.1 Å². The van der Waals surface area contributed by atoms with E-state index >= 15 is 0 Å². The maximum absolute atomic E-state index is 12.5. The van der Waals surface area contributed by atoms with Gasteiger partial charge in [0, 0.05) is 16.7 Å². The van der Waals surface area contributed by atoms with E-state index in [9.17, 15) is 19.2 Å². The van der Waals surface area contributed by atoms with E-state index in [2.05, 4.69) is 17.9 Å². The molecule has 0 saturated heterocycles. The fraction of sp³-hybridized carbons (Fsp3) is 0.290. The number of ether oxygens (including phenoxy) is 5. The minimum atomic E-state index is -0.616. The van der Waals surface area contributed by atoms with Crippen LogP contribution in [0.5, 0.6) is 11.5 Å². The summed E-state index contributed by atoms with van der Waals surface area (Å²) in [6.07, 6.45) is 4.27. The zero-order valence-electron chi connectivity index (χ0n) is 22.8. The van der Waals surface area contributed by atoms with Crippen LogP contribution < -0.4 is 9.47 Å². The van der Waals surface area contributed by atoms with Crippen molar-refractivity contribution in [2.75, 3.05) is 33.5 Å². The average molecular weight is 551 g/mol. The molecule has 0 amide bonds. The van der Waals surface area contributed by atoms with Gasteiger partial charge in [0.1, 0.15) is 24.7 Å². The van der Waals surface area contributed by atoms with E-state index in [4.69, 9.17) is 18.9 Å². The predicted molar refractivity (Wildman–Crippen MR) is 149 cm³/mol. The molecule has 0 unspecified atom stereocenters. The molecule has 0 bridgehead atoms. The van der Waals surface area contributed by atoms with Crippen molar-refractivity contribution in [2.24, 2.45) is 0 Å². The highest BCUT2D eigenvalue weighted by Gasteiger charge is 2.13. The summed E-state index contributed by atoms with van der Waals surface area (Å²) in [5.74, 6) is -0.540. The van der Waals surface area contributed by atoms with Crippen molar-refractivity contribution in [1.29, 1.82) is 0 Å². The standard InChI is InChI=1S/C31H34O9/c1-22(2)30(34)40-20-19-38-27-14-10-25(11-15-27)28(32)16-9-24-7-12-26(13-8-24)37-17-5-6-18-39-31(35)23(3)21-29(33)36-4/h7-16H,1,3,5-6,17-21H2,2,4H3/b16-9+. The number of ketones is 1. The molecule has 0 aromatic heterocycles. The van der Waals surface area contributed by atoms with Crippen LogP contribution in [-0.4, -0.2) is 57.2 Å². The average Bonchev–Trinajstić information content (AvgIpc) is 2.96. The monoisotopic (exact) mass is 550 g/mol. The van der Waals surface area contributed by atoms with E-state index < -0.39 is 17.9 Å². The summed E-state index contributed by atoms with van der Waals surface area (Å²) in [5, 5.41) is 0. The summed E-state index contributed by atoms with van der Waals surface area (Å²) < 4.78 is 25.7. The maximum Gasteiger partial charge on any atom is 0.333 e. The third kappa shape index (κ3) is 11.8. The highest BCUT2D eigenvalue weighted by atomic mass is 16.6. The molecule has 0 aliphatic carbocycles. The molecule has 0 radical (unpaired) electrons. The minimum absolute atomic E-state index is 0.0545. The topological polar surface area (TPSA) is 114 Å². The zero-order valence-corrected chi connectivity index (χ0v) is 22.8. The van der Waals surface area contributed by atoms with E-state index in [-0.39, 0.29) is 37.6 Å². The lowest BCUT2D eigenvalue weighted by Crippen LogP contribution is -2.13. The van der Waals surface area contributed by atoms with E-state index in [1.54, 1.807) is 49.4 Å². The van der Waals surface area contributed by atoms with Crippen LogP contribution >= 0.6 is 0 Å². The van der Waals surface area contributed by atoms with E-state index in [1.807, 2.05) is 12.1 Å². The second-order valence-electron chi connectivity index (χ2n) is 8.60. The Morgan fingerprint density at radius 2 is 1.32 bits per heavy atom. The molecular formula is C31H34O9. The molecule has 0 atom stereocenters. The molecule has 0 N–H and O–H groups in total. The van der Waals surface area contributed by atoms with Gasteiger partial charge in [0.2, 0.25) is 0 Å². The van der Waals surface area contributed by atoms with Gasteiger partial charge in [-0.25, -0.2) is 9.59 Å². The number of hydrogen-bond donors (Lipinski definition) is 0. The minimum Gasteiger partial charge on any atom is -0.494 e. The molecule has 2 rings (SSSR count). The smallest absolute Gasteiger partial charge is 0.333 e. The van der Waals surface area contributed by atoms with Gasteiger partial charge in [0.05, 0.1) is 26.7 Å². The van der Waals surface area contributed by atoms with Gasteiger partial charge in [-0.15, -0.1) is 0 Å². The molecule has 9 nitrogen and oxygen atoms in total. The van der Waals surface area contributed by atoms with Gasteiger partial charge >= 0.3 is 17.9 Å². The second-order valence-corrected chi connectivity index (χ2v) is 8.60. The fourth-order valence-corrected chi connectivity index (χ4v) is 3.06. The molecule has 0 fully saturated rings. The number of allylic oxidation sites excluding steroid dienone is 1. The molecule has 2 aromatic carbocycles. The number of unbranched alkanes of at least 4 members (excludes halogenated alkanes) is 1. The van der Waals surface area contributed by atoms with Gasteiger partial charge in [-0.2, -0.15) is 0 Å². The molecule has 0 aliphatic rings. The van der Waals surface area contributed by atoms with Crippen LogP contribution in [0.25, 0.3) is 6.08 Å². The lowest BCUT2D eigenvalue weighted by Gasteiger charge is -2.08. The van der Waals surface area contributed by atoms with Crippen LogP contribution in [0.15, 0.2) is 78.9 Å². The number of esters is 3. The van der Waals surface area contributed by atoms with E-state index in [1.165, 1.54) is 13.2 Å². The summed E-state index contributed by atoms with van der Waals surface area (Å²) >= 11 is 0. The van der Waals surface area contributed by atoms with Gasteiger partial charge in [-0.05, 0) is 67.8 Å². The molecule has 0 aliphatic heterocycles.